The van der Waals surface area contributed by atoms with Crippen LogP contribution in [0.25, 0.3) is 0 Å². The molecule has 0 spiro atoms. The minimum Gasteiger partial charge on any atom is -0.464 e. The Hall–Kier alpha value is -2.08. The number of hydrogen-bond donors (Lipinski definition) is 0. The van der Waals surface area contributed by atoms with Crippen LogP contribution in [0, 0.1) is 5.92 Å². The normalized spacial score (nSPS) is 29.1. The third-order valence-electron chi connectivity index (χ3n) is 4.80. The van der Waals surface area contributed by atoms with Gasteiger partial charge in [-0.1, -0.05) is 37.3 Å². The summed E-state index contributed by atoms with van der Waals surface area (Å²) in [6, 6.07) is 9.12. The van der Waals surface area contributed by atoms with Crippen LogP contribution in [0.4, 0.5) is 4.79 Å². The molecule has 1 amide bonds. The highest BCUT2D eigenvalue weighted by atomic mass is 16.6. The van der Waals surface area contributed by atoms with Crippen molar-refractivity contribution >= 4 is 12.1 Å². The van der Waals surface area contributed by atoms with Gasteiger partial charge in [-0.3, -0.25) is 4.90 Å². The first-order chi connectivity index (χ1) is 11.6. The van der Waals surface area contributed by atoms with E-state index in [4.69, 9.17) is 14.2 Å². The summed E-state index contributed by atoms with van der Waals surface area (Å²) in [4.78, 5) is 25.8. The summed E-state index contributed by atoms with van der Waals surface area (Å²) in [5.41, 5.74) is 1.08. The molecule has 2 saturated heterocycles. The van der Waals surface area contributed by atoms with Crippen LogP contribution in [0.3, 0.4) is 0 Å². The van der Waals surface area contributed by atoms with Crippen molar-refractivity contribution in [1.82, 2.24) is 4.90 Å². The Morgan fingerprint density at radius 3 is 2.79 bits per heavy atom. The second kappa shape index (κ2) is 7.21. The molecule has 1 aromatic rings. The Kier molecular flexibility index (Phi) is 5.04. The number of cyclic esters (lactones) is 1. The van der Waals surface area contributed by atoms with E-state index in [1.807, 2.05) is 37.3 Å². The lowest BCUT2D eigenvalue weighted by Crippen LogP contribution is -2.58. The first-order valence-corrected chi connectivity index (χ1v) is 8.39. The molecule has 0 N–H and O–H groups in total. The number of benzene rings is 1. The molecule has 0 aliphatic carbocycles. The lowest BCUT2D eigenvalue weighted by atomic mass is 9.85. The smallest absolute Gasteiger partial charge is 0.410 e. The number of carbonyl (C=O) groups is 2. The third kappa shape index (κ3) is 3.24. The van der Waals surface area contributed by atoms with E-state index in [2.05, 4.69) is 0 Å². The van der Waals surface area contributed by atoms with E-state index in [1.165, 1.54) is 4.90 Å². The Morgan fingerprint density at radius 1 is 1.33 bits per heavy atom. The average molecular weight is 333 g/mol. The molecule has 2 aliphatic rings. The lowest BCUT2D eigenvalue weighted by molar-refractivity contribution is -0.155. The summed E-state index contributed by atoms with van der Waals surface area (Å²) >= 11 is 0. The van der Waals surface area contributed by atoms with Crippen LogP contribution >= 0.6 is 0 Å². The molecule has 0 radical (unpaired) electrons. The van der Waals surface area contributed by atoms with Crippen LogP contribution in [0.5, 0.6) is 0 Å². The molecule has 130 valence electrons. The standard InChI is InChI=1S/C18H23NO5/c1-3-22-17(20)14-9-16(23-10-13-7-5-4-6-8-13)12(2)15-11-24-18(21)19(14)15/h4-8,12,14-16H,3,9-11H2,1-2H3/t12-,14+,15-,16+/m0/s1. The van der Waals surface area contributed by atoms with E-state index >= 15 is 0 Å². The van der Waals surface area contributed by atoms with E-state index < -0.39 is 12.1 Å². The maximum atomic E-state index is 12.3. The zero-order valence-electron chi connectivity index (χ0n) is 14.0. The van der Waals surface area contributed by atoms with Crippen molar-refractivity contribution in [1.29, 1.82) is 0 Å². The predicted molar refractivity (Wildman–Crippen MR) is 86.2 cm³/mol. The highest BCUT2D eigenvalue weighted by Gasteiger charge is 2.51. The fourth-order valence-corrected chi connectivity index (χ4v) is 3.45. The van der Waals surface area contributed by atoms with Crippen LogP contribution in [-0.4, -0.2) is 48.4 Å². The van der Waals surface area contributed by atoms with Crippen LogP contribution in [0.1, 0.15) is 25.8 Å². The van der Waals surface area contributed by atoms with Crippen molar-refractivity contribution in [3.63, 3.8) is 0 Å². The van der Waals surface area contributed by atoms with Gasteiger partial charge >= 0.3 is 12.1 Å². The van der Waals surface area contributed by atoms with Gasteiger partial charge in [-0.15, -0.1) is 0 Å². The van der Waals surface area contributed by atoms with Gasteiger partial charge in [0.2, 0.25) is 0 Å². The summed E-state index contributed by atoms with van der Waals surface area (Å²) in [7, 11) is 0. The third-order valence-corrected chi connectivity index (χ3v) is 4.80. The minimum absolute atomic E-state index is 0.0887. The number of rotatable bonds is 5. The summed E-state index contributed by atoms with van der Waals surface area (Å²) in [6.45, 7) is 4.85. The molecule has 0 aromatic heterocycles. The maximum Gasteiger partial charge on any atom is 0.410 e. The topological polar surface area (TPSA) is 65.1 Å². The molecule has 3 rings (SSSR count). The van der Waals surface area contributed by atoms with Crippen LogP contribution < -0.4 is 0 Å². The second-order valence-corrected chi connectivity index (χ2v) is 6.25. The number of piperidine rings is 1. The molecule has 6 heteroatoms. The Balaban J connectivity index is 1.73. The first-order valence-electron chi connectivity index (χ1n) is 8.39. The Bertz CT molecular complexity index is 590. The molecular weight excluding hydrogens is 310 g/mol. The minimum atomic E-state index is -0.637. The SMILES string of the molecule is CCOC(=O)[C@H]1C[C@@H](OCc2ccccc2)[C@@H](C)[C@@H]2COC(=O)N12. The Morgan fingerprint density at radius 2 is 2.08 bits per heavy atom. The van der Waals surface area contributed by atoms with Gasteiger partial charge in [-0.2, -0.15) is 0 Å². The van der Waals surface area contributed by atoms with Gasteiger partial charge in [0.05, 0.1) is 25.4 Å². The molecule has 6 nitrogen and oxygen atoms in total. The first kappa shape index (κ1) is 16.8. The van der Waals surface area contributed by atoms with E-state index in [0.717, 1.165) is 5.56 Å². The molecule has 2 heterocycles. The predicted octanol–water partition coefficient (Wildman–Crippen LogP) is 2.36. The van der Waals surface area contributed by atoms with Crippen molar-refractivity contribution in [3.8, 4) is 0 Å². The molecule has 0 unspecified atom stereocenters. The highest BCUT2D eigenvalue weighted by Crippen LogP contribution is 2.35. The molecule has 2 aliphatic heterocycles. The molecule has 2 fully saturated rings. The number of fused-ring (bicyclic) bond motifs is 1. The van der Waals surface area contributed by atoms with E-state index in [1.54, 1.807) is 6.92 Å². The second-order valence-electron chi connectivity index (χ2n) is 6.25. The van der Waals surface area contributed by atoms with E-state index in [9.17, 15) is 9.59 Å². The molecule has 0 bridgehead atoms. The van der Waals surface area contributed by atoms with Gasteiger partial charge in [0.15, 0.2) is 0 Å². The van der Waals surface area contributed by atoms with Crippen molar-refractivity contribution < 1.29 is 23.8 Å². The monoisotopic (exact) mass is 333 g/mol. The van der Waals surface area contributed by atoms with Crippen molar-refractivity contribution in [3.05, 3.63) is 35.9 Å². The van der Waals surface area contributed by atoms with Crippen molar-refractivity contribution in [2.75, 3.05) is 13.2 Å². The lowest BCUT2D eigenvalue weighted by Gasteiger charge is -2.42. The van der Waals surface area contributed by atoms with Gasteiger partial charge in [-0.25, -0.2) is 9.59 Å². The molecule has 4 atom stereocenters. The summed E-state index contributed by atoms with van der Waals surface area (Å²) in [5, 5.41) is 0. The summed E-state index contributed by atoms with van der Waals surface area (Å²) in [6.07, 6.45) is -0.139. The summed E-state index contributed by atoms with van der Waals surface area (Å²) < 4.78 is 16.4. The van der Waals surface area contributed by atoms with Gasteiger partial charge in [0.1, 0.15) is 12.6 Å². The number of hydrogen-bond acceptors (Lipinski definition) is 5. The highest BCUT2D eigenvalue weighted by molar-refractivity contribution is 5.83. The number of nitrogens with zero attached hydrogens (tertiary/aromatic N) is 1. The van der Waals surface area contributed by atoms with Gasteiger partial charge in [0.25, 0.3) is 0 Å². The van der Waals surface area contributed by atoms with Crippen molar-refractivity contribution in [2.45, 2.75) is 45.1 Å². The quantitative estimate of drug-likeness (QED) is 0.774. The van der Waals surface area contributed by atoms with Gasteiger partial charge in [0, 0.05) is 12.3 Å². The zero-order valence-corrected chi connectivity index (χ0v) is 14.0. The van der Waals surface area contributed by atoms with Crippen LogP contribution in [0.15, 0.2) is 30.3 Å². The largest absolute Gasteiger partial charge is 0.464 e. The Labute approximate surface area is 141 Å². The average Bonchev–Trinajstić information content (AvgIpc) is 2.98. The van der Waals surface area contributed by atoms with Gasteiger partial charge in [-0.05, 0) is 12.5 Å². The van der Waals surface area contributed by atoms with E-state index in [-0.39, 0.29) is 30.6 Å². The van der Waals surface area contributed by atoms with Crippen LogP contribution in [0.2, 0.25) is 0 Å². The maximum absolute atomic E-state index is 12.3. The molecule has 0 saturated carbocycles. The molecule has 24 heavy (non-hydrogen) atoms. The van der Waals surface area contributed by atoms with Crippen molar-refractivity contribution in [2.24, 2.45) is 5.92 Å². The van der Waals surface area contributed by atoms with E-state index in [0.29, 0.717) is 19.6 Å². The fraction of sp³-hybridized carbons (Fsp3) is 0.556. The fourth-order valence-electron chi connectivity index (χ4n) is 3.45. The number of amides is 1. The number of ether oxygens (including phenoxy) is 3. The molecular formula is C18H23NO5. The zero-order chi connectivity index (χ0) is 17.1. The summed E-state index contributed by atoms with van der Waals surface area (Å²) in [5.74, 6) is -0.299. The number of esters is 1. The number of carbonyl (C=O) groups excluding carboxylic acids is 2. The molecule has 1 aromatic carbocycles. The van der Waals surface area contributed by atoms with Crippen LogP contribution in [-0.2, 0) is 25.6 Å². The van der Waals surface area contributed by atoms with Gasteiger partial charge < -0.3 is 14.2 Å².